The molecule has 21 heavy (non-hydrogen) atoms. The van der Waals surface area contributed by atoms with Gasteiger partial charge in [-0.15, -0.1) is 0 Å². The largest absolute Gasteiger partial charge is 0.476 e. The van der Waals surface area contributed by atoms with Gasteiger partial charge in [0.25, 0.3) is 0 Å². The van der Waals surface area contributed by atoms with Gasteiger partial charge in [0.1, 0.15) is 11.5 Å². The van der Waals surface area contributed by atoms with Crippen molar-refractivity contribution in [2.24, 2.45) is 0 Å². The van der Waals surface area contributed by atoms with Crippen molar-refractivity contribution in [3.05, 3.63) is 48.2 Å². The van der Waals surface area contributed by atoms with Gasteiger partial charge >= 0.3 is 5.97 Å². The molecule has 0 radical (unpaired) electrons. The fraction of sp³-hybridized carbons (Fsp3) is 0.200. The summed E-state index contributed by atoms with van der Waals surface area (Å²) in [4.78, 5) is 19.9. The lowest BCUT2D eigenvalue weighted by molar-refractivity contribution is 0.0689. The van der Waals surface area contributed by atoms with Crippen molar-refractivity contribution < 1.29 is 9.90 Å². The second-order valence-corrected chi connectivity index (χ2v) is 5.04. The van der Waals surface area contributed by atoms with Crippen LogP contribution in [0.4, 0.5) is 0 Å². The van der Waals surface area contributed by atoms with Gasteiger partial charge in [-0.2, -0.15) is 5.10 Å². The zero-order valence-corrected chi connectivity index (χ0v) is 11.7. The lowest BCUT2D eigenvalue weighted by Crippen LogP contribution is -2.13. The average molecular weight is 282 g/mol. The van der Waals surface area contributed by atoms with Crippen molar-refractivity contribution in [3.8, 4) is 5.69 Å². The summed E-state index contributed by atoms with van der Waals surface area (Å²) in [6.07, 6.45) is 3.21. The van der Waals surface area contributed by atoms with Crippen molar-refractivity contribution >= 4 is 16.9 Å². The first-order valence-corrected chi connectivity index (χ1v) is 6.61. The molecule has 3 rings (SSSR count). The minimum absolute atomic E-state index is 0.0393. The molecule has 0 aliphatic rings. The SMILES string of the molecule is CC(C)c1ncc(-n2ncc3ccccc32)c(C(=O)O)n1. The average Bonchev–Trinajstić information content (AvgIpc) is 2.90. The number of carboxylic acids is 1. The first-order chi connectivity index (χ1) is 10.1. The smallest absolute Gasteiger partial charge is 0.356 e. The van der Waals surface area contributed by atoms with Gasteiger partial charge in [-0.05, 0) is 6.07 Å². The first-order valence-electron chi connectivity index (χ1n) is 6.61. The topological polar surface area (TPSA) is 80.9 Å². The summed E-state index contributed by atoms with van der Waals surface area (Å²) < 4.78 is 1.56. The summed E-state index contributed by atoms with van der Waals surface area (Å²) in [5, 5.41) is 14.6. The van der Waals surface area contributed by atoms with Gasteiger partial charge in [-0.3, -0.25) is 0 Å². The van der Waals surface area contributed by atoms with Crippen LogP contribution in [0.2, 0.25) is 0 Å². The summed E-state index contributed by atoms with van der Waals surface area (Å²) in [7, 11) is 0. The van der Waals surface area contributed by atoms with Crippen molar-refractivity contribution in [2.75, 3.05) is 0 Å². The molecule has 0 amide bonds. The molecule has 0 saturated heterocycles. The highest BCUT2D eigenvalue weighted by molar-refractivity contribution is 5.91. The Balaban J connectivity index is 2.24. The first kappa shape index (κ1) is 13.2. The zero-order valence-electron chi connectivity index (χ0n) is 11.7. The van der Waals surface area contributed by atoms with E-state index in [1.807, 2.05) is 38.1 Å². The molecular formula is C15H14N4O2. The maximum atomic E-state index is 11.5. The predicted octanol–water partition coefficient (Wildman–Crippen LogP) is 2.64. The molecule has 0 bridgehead atoms. The van der Waals surface area contributed by atoms with Gasteiger partial charge < -0.3 is 5.11 Å². The normalized spacial score (nSPS) is 11.2. The standard InChI is InChI=1S/C15H14N4O2/c1-9(2)14-16-8-12(13(18-14)15(20)21)19-11-6-4-3-5-10(11)7-17-19/h3-9H,1-2H3,(H,20,21). The molecule has 1 N–H and O–H groups in total. The monoisotopic (exact) mass is 282 g/mol. The molecule has 0 unspecified atom stereocenters. The Labute approximate surface area is 121 Å². The minimum Gasteiger partial charge on any atom is -0.476 e. The van der Waals surface area contributed by atoms with Crippen LogP contribution in [0.15, 0.2) is 36.7 Å². The predicted molar refractivity (Wildman–Crippen MR) is 77.7 cm³/mol. The van der Waals surface area contributed by atoms with Crippen LogP contribution < -0.4 is 0 Å². The molecule has 1 aromatic carbocycles. The van der Waals surface area contributed by atoms with E-state index in [1.54, 1.807) is 10.9 Å². The lowest BCUT2D eigenvalue weighted by atomic mass is 10.2. The van der Waals surface area contributed by atoms with Crippen molar-refractivity contribution in [3.63, 3.8) is 0 Å². The highest BCUT2D eigenvalue weighted by Gasteiger charge is 2.18. The Morgan fingerprint density at radius 3 is 2.71 bits per heavy atom. The number of carboxylic acid groups (broad SMARTS) is 1. The molecule has 0 saturated carbocycles. The van der Waals surface area contributed by atoms with Crippen molar-refractivity contribution in [1.82, 2.24) is 19.7 Å². The van der Waals surface area contributed by atoms with E-state index in [0.717, 1.165) is 10.9 Å². The Bertz CT molecular complexity index is 823. The van der Waals surface area contributed by atoms with E-state index in [-0.39, 0.29) is 11.6 Å². The number of rotatable bonds is 3. The number of nitrogens with zero attached hydrogens (tertiary/aromatic N) is 4. The lowest BCUT2D eigenvalue weighted by Gasteiger charge is -2.09. The van der Waals surface area contributed by atoms with E-state index in [9.17, 15) is 9.90 Å². The van der Waals surface area contributed by atoms with Crippen molar-refractivity contribution in [1.29, 1.82) is 0 Å². The van der Waals surface area contributed by atoms with E-state index < -0.39 is 5.97 Å². The van der Waals surface area contributed by atoms with Crippen LogP contribution >= 0.6 is 0 Å². The molecule has 0 aliphatic carbocycles. The van der Waals surface area contributed by atoms with Crippen molar-refractivity contribution in [2.45, 2.75) is 19.8 Å². The van der Waals surface area contributed by atoms with E-state index in [4.69, 9.17) is 0 Å². The summed E-state index contributed by atoms with van der Waals surface area (Å²) in [6.45, 7) is 3.84. The third-order valence-corrected chi connectivity index (χ3v) is 3.21. The Hall–Kier alpha value is -2.76. The van der Waals surface area contributed by atoms with Gasteiger partial charge in [-0.1, -0.05) is 32.0 Å². The minimum atomic E-state index is -1.09. The maximum absolute atomic E-state index is 11.5. The van der Waals surface area contributed by atoms with Crippen LogP contribution in [0.5, 0.6) is 0 Å². The summed E-state index contributed by atoms with van der Waals surface area (Å²) in [6, 6.07) is 7.59. The van der Waals surface area contributed by atoms with Crippen LogP contribution in [0, 0.1) is 0 Å². The molecule has 0 aliphatic heterocycles. The summed E-state index contributed by atoms with van der Waals surface area (Å²) in [5.74, 6) is -0.520. The van der Waals surface area contributed by atoms with Crippen LogP contribution in [-0.2, 0) is 0 Å². The van der Waals surface area contributed by atoms with E-state index in [0.29, 0.717) is 11.5 Å². The number of aromatic carboxylic acids is 1. The highest BCUT2D eigenvalue weighted by atomic mass is 16.4. The van der Waals surface area contributed by atoms with Crippen LogP contribution in [0.3, 0.4) is 0 Å². The molecule has 2 aromatic heterocycles. The molecule has 2 heterocycles. The number of aromatic nitrogens is 4. The Kier molecular flexibility index (Phi) is 3.13. The third-order valence-electron chi connectivity index (χ3n) is 3.21. The highest BCUT2D eigenvalue weighted by Crippen LogP contribution is 2.21. The number of hydrogen-bond acceptors (Lipinski definition) is 4. The molecule has 106 valence electrons. The molecule has 3 aromatic rings. The third kappa shape index (κ3) is 2.24. The number of benzene rings is 1. The summed E-state index contributed by atoms with van der Waals surface area (Å²) >= 11 is 0. The number of fused-ring (bicyclic) bond motifs is 1. The Morgan fingerprint density at radius 2 is 2.00 bits per heavy atom. The fourth-order valence-corrected chi connectivity index (χ4v) is 2.14. The molecule has 6 heteroatoms. The van der Waals surface area contributed by atoms with Crippen LogP contribution in [0.25, 0.3) is 16.6 Å². The molecule has 6 nitrogen and oxygen atoms in total. The van der Waals surface area contributed by atoms with E-state index >= 15 is 0 Å². The van der Waals surface area contributed by atoms with Gasteiger partial charge in [0.15, 0.2) is 5.69 Å². The fourth-order valence-electron chi connectivity index (χ4n) is 2.14. The zero-order chi connectivity index (χ0) is 15.0. The van der Waals surface area contributed by atoms with Gasteiger partial charge in [0.05, 0.1) is 17.9 Å². The molecular weight excluding hydrogens is 268 g/mol. The van der Waals surface area contributed by atoms with Gasteiger partial charge in [0, 0.05) is 11.3 Å². The van der Waals surface area contributed by atoms with E-state index in [1.165, 1.54) is 6.20 Å². The van der Waals surface area contributed by atoms with Crippen LogP contribution in [-0.4, -0.2) is 30.8 Å². The van der Waals surface area contributed by atoms with E-state index in [2.05, 4.69) is 15.1 Å². The number of carbonyl (C=O) groups is 1. The quantitative estimate of drug-likeness (QED) is 0.798. The second kappa shape index (κ2) is 4.97. The number of hydrogen-bond donors (Lipinski definition) is 1. The van der Waals surface area contributed by atoms with Gasteiger partial charge in [0.2, 0.25) is 0 Å². The summed E-state index contributed by atoms with van der Waals surface area (Å²) in [5.41, 5.74) is 1.15. The molecule has 0 fully saturated rings. The van der Waals surface area contributed by atoms with Crippen LogP contribution in [0.1, 0.15) is 36.1 Å². The molecule has 0 spiro atoms. The Morgan fingerprint density at radius 1 is 1.24 bits per heavy atom. The van der Waals surface area contributed by atoms with Gasteiger partial charge in [-0.25, -0.2) is 19.4 Å². The number of para-hydroxylation sites is 1. The molecule has 0 atom stereocenters. The maximum Gasteiger partial charge on any atom is 0.356 e. The second-order valence-electron chi connectivity index (χ2n) is 5.04.